The van der Waals surface area contributed by atoms with Gasteiger partial charge in [0.25, 0.3) is 5.91 Å². The molecule has 25 heavy (non-hydrogen) atoms. The van der Waals surface area contributed by atoms with Crippen LogP contribution in [0.4, 0.5) is 0 Å². The van der Waals surface area contributed by atoms with Gasteiger partial charge in [0, 0.05) is 12.1 Å². The maximum Gasteiger partial charge on any atom is 0.287 e. The number of ether oxygens (including phenoxy) is 1. The van der Waals surface area contributed by atoms with E-state index in [2.05, 4.69) is 11.4 Å². The van der Waals surface area contributed by atoms with E-state index in [9.17, 15) is 4.79 Å². The molecule has 5 heteroatoms. The summed E-state index contributed by atoms with van der Waals surface area (Å²) in [5, 5.41) is 11.6. The predicted molar refractivity (Wildman–Crippen MR) is 91.8 cm³/mol. The van der Waals surface area contributed by atoms with Crippen LogP contribution in [0.15, 0.2) is 71.3 Å². The number of carbonyl (C=O) groups excluding carboxylic acids is 1. The number of rotatable bonds is 6. The molecule has 0 aliphatic heterocycles. The molecule has 5 nitrogen and oxygen atoms in total. The molecule has 0 radical (unpaired) electrons. The number of nitriles is 1. The zero-order valence-corrected chi connectivity index (χ0v) is 13.4. The Bertz CT molecular complexity index is 877. The van der Waals surface area contributed by atoms with Crippen molar-refractivity contribution in [3.8, 4) is 11.8 Å². The normalized spacial score (nSPS) is 10.0. The summed E-state index contributed by atoms with van der Waals surface area (Å²) in [4.78, 5) is 12.3. The van der Waals surface area contributed by atoms with Crippen LogP contribution < -0.4 is 10.1 Å². The minimum absolute atomic E-state index is 0.240. The highest BCUT2D eigenvalue weighted by molar-refractivity contribution is 5.92. The molecule has 124 valence electrons. The average Bonchev–Trinajstić information content (AvgIpc) is 3.14. The Morgan fingerprint density at radius 2 is 1.84 bits per heavy atom. The second-order valence-corrected chi connectivity index (χ2v) is 5.37. The first kappa shape index (κ1) is 16.3. The Balaban J connectivity index is 1.59. The summed E-state index contributed by atoms with van der Waals surface area (Å²) in [6.07, 6.45) is 1.47. The molecule has 0 bridgehead atoms. The summed E-state index contributed by atoms with van der Waals surface area (Å²) in [5.74, 6) is 0.665. The fourth-order valence-corrected chi connectivity index (χ4v) is 2.29. The van der Waals surface area contributed by atoms with Gasteiger partial charge < -0.3 is 14.5 Å². The lowest BCUT2D eigenvalue weighted by Gasteiger charge is -2.07. The SMILES string of the molecule is N#Cc1ccc(CNC(=O)c2occc2COc2ccccc2)cc1. The molecule has 0 atom stereocenters. The van der Waals surface area contributed by atoms with Gasteiger partial charge >= 0.3 is 0 Å². The smallest absolute Gasteiger partial charge is 0.287 e. The van der Waals surface area contributed by atoms with Crippen LogP contribution in [-0.4, -0.2) is 5.91 Å². The summed E-state index contributed by atoms with van der Waals surface area (Å²) in [6, 6.07) is 20.2. The molecule has 2 aromatic carbocycles. The molecule has 3 aromatic rings. The summed E-state index contributed by atoms with van der Waals surface area (Å²) in [7, 11) is 0. The first-order valence-corrected chi connectivity index (χ1v) is 7.78. The number of hydrogen-bond acceptors (Lipinski definition) is 4. The molecule has 0 aliphatic rings. The van der Waals surface area contributed by atoms with E-state index in [1.807, 2.05) is 30.3 Å². The zero-order valence-electron chi connectivity index (χ0n) is 13.4. The van der Waals surface area contributed by atoms with Gasteiger partial charge in [-0.15, -0.1) is 0 Å². The average molecular weight is 332 g/mol. The Morgan fingerprint density at radius 3 is 2.56 bits per heavy atom. The van der Waals surface area contributed by atoms with E-state index in [1.165, 1.54) is 6.26 Å². The van der Waals surface area contributed by atoms with E-state index >= 15 is 0 Å². The van der Waals surface area contributed by atoms with E-state index in [0.717, 1.165) is 11.3 Å². The minimum Gasteiger partial charge on any atom is -0.489 e. The highest BCUT2D eigenvalue weighted by Gasteiger charge is 2.15. The lowest BCUT2D eigenvalue weighted by Crippen LogP contribution is -2.23. The van der Waals surface area contributed by atoms with Crippen LogP contribution in [0.3, 0.4) is 0 Å². The van der Waals surface area contributed by atoms with Crippen molar-refractivity contribution >= 4 is 5.91 Å². The number of amides is 1. The third-order valence-electron chi connectivity index (χ3n) is 3.63. The van der Waals surface area contributed by atoms with Crippen molar-refractivity contribution in [2.24, 2.45) is 0 Å². The van der Waals surface area contributed by atoms with Crippen LogP contribution in [0.25, 0.3) is 0 Å². The van der Waals surface area contributed by atoms with E-state index < -0.39 is 0 Å². The lowest BCUT2D eigenvalue weighted by molar-refractivity contribution is 0.0919. The Morgan fingerprint density at radius 1 is 1.08 bits per heavy atom. The highest BCUT2D eigenvalue weighted by Crippen LogP contribution is 2.16. The van der Waals surface area contributed by atoms with Gasteiger partial charge in [0.2, 0.25) is 0 Å². The molecule has 0 saturated heterocycles. The van der Waals surface area contributed by atoms with Gasteiger partial charge in [0.1, 0.15) is 12.4 Å². The van der Waals surface area contributed by atoms with Gasteiger partial charge in [-0.25, -0.2) is 0 Å². The highest BCUT2D eigenvalue weighted by atomic mass is 16.5. The third-order valence-corrected chi connectivity index (χ3v) is 3.63. The molecule has 0 saturated carbocycles. The largest absolute Gasteiger partial charge is 0.489 e. The van der Waals surface area contributed by atoms with Gasteiger partial charge in [-0.3, -0.25) is 4.79 Å². The van der Waals surface area contributed by atoms with Gasteiger partial charge in [-0.1, -0.05) is 30.3 Å². The number of nitrogens with one attached hydrogen (secondary N) is 1. The molecule has 1 amide bonds. The number of carbonyl (C=O) groups is 1. The number of hydrogen-bond donors (Lipinski definition) is 1. The van der Waals surface area contributed by atoms with Crippen LogP contribution >= 0.6 is 0 Å². The lowest BCUT2D eigenvalue weighted by atomic mass is 10.1. The fraction of sp³-hybridized carbons (Fsp3) is 0.100. The molecule has 0 aliphatic carbocycles. The van der Waals surface area contributed by atoms with Crippen LogP contribution in [-0.2, 0) is 13.2 Å². The molecule has 1 heterocycles. The van der Waals surface area contributed by atoms with Crippen LogP contribution in [0.1, 0.15) is 27.2 Å². The molecule has 1 N–H and O–H groups in total. The van der Waals surface area contributed by atoms with Crippen LogP contribution in [0.5, 0.6) is 5.75 Å². The van der Waals surface area contributed by atoms with Crippen molar-refractivity contribution in [1.82, 2.24) is 5.32 Å². The fourth-order valence-electron chi connectivity index (χ4n) is 2.29. The van der Waals surface area contributed by atoms with Gasteiger partial charge in [-0.2, -0.15) is 5.26 Å². The van der Waals surface area contributed by atoms with Crippen molar-refractivity contribution in [2.75, 3.05) is 0 Å². The number of furan rings is 1. The van der Waals surface area contributed by atoms with E-state index in [1.54, 1.807) is 30.3 Å². The molecule has 0 spiro atoms. The Labute approximate surface area is 145 Å². The summed E-state index contributed by atoms with van der Waals surface area (Å²) >= 11 is 0. The number of nitrogens with zero attached hydrogens (tertiary/aromatic N) is 1. The van der Waals surface area contributed by atoms with Crippen molar-refractivity contribution in [1.29, 1.82) is 5.26 Å². The van der Waals surface area contributed by atoms with Crippen LogP contribution in [0.2, 0.25) is 0 Å². The van der Waals surface area contributed by atoms with Gasteiger partial charge in [-0.05, 0) is 35.9 Å². The van der Waals surface area contributed by atoms with E-state index in [4.69, 9.17) is 14.4 Å². The van der Waals surface area contributed by atoms with Crippen LogP contribution in [0, 0.1) is 11.3 Å². The first-order chi connectivity index (χ1) is 12.3. The molecule has 3 rings (SSSR count). The monoisotopic (exact) mass is 332 g/mol. The molecular formula is C20H16N2O3. The zero-order chi connectivity index (χ0) is 17.5. The van der Waals surface area contributed by atoms with Crippen molar-refractivity contribution in [3.05, 3.63) is 89.4 Å². The van der Waals surface area contributed by atoms with Gasteiger partial charge in [0.15, 0.2) is 5.76 Å². The van der Waals surface area contributed by atoms with Crippen molar-refractivity contribution < 1.29 is 13.9 Å². The van der Waals surface area contributed by atoms with Crippen molar-refractivity contribution in [2.45, 2.75) is 13.2 Å². The quantitative estimate of drug-likeness (QED) is 0.747. The topological polar surface area (TPSA) is 75.3 Å². The molecule has 0 fully saturated rings. The Kier molecular flexibility index (Phi) is 5.13. The molecular weight excluding hydrogens is 316 g/mol. The Hall–Kier alpha value is -3.52. The van der Waals surface area contributed by atoms with Crippen molar-refractivity contribution in [3.63, 3.8) is 0 Å². The predicted octanol–water partition coefficient (Wildman–Crippen LogP) is 3.66. The second-order valence-electron chi connectivity index (χ2n) is 5.37. The van der Waals surface area contributed by atoms with Gasteiger partial charge in [0.05, 0.1) is 17.9 Å². The second kappa shape index (κ2) is 7.84. The maximum absolute atomic E-state index is 12.3. The summed E-state index contributed by atoms with van der Waals surface area (Å²) < 4.78 is 11.0. The maximum atomic E-state index is 12.3. The minimum atomic E-state index is -0.305. The third kappa shape index (κ3) is 4.27. The first-order valence-electron chi connectivity index (χ1n) is 7.78. The molecule has 0 unspecified atom stereocenters. The molecule has 1 aromatic heterocycles. The number of benzene rings is 2. The summed E-state index contributed by atoms with van der Waals surface area (Å²) in [6.45, 7) is 0.602. The van der Waals surface area contributed by atoms with E-state index in [0.29, 0.717) is 17.7 Å². The number of para-hydroxylation sites is 1. The van der Waals surface area contributed by atoms with E-state index in [-0.39, 0.29) is 18.3 Å². The summed E-state index contributed by atoms with van der Waals surface area (Å²) in [5.41, 5.74) is 2.17. The standard InChI is InChI=1S/C20H16N2O3/c21-12-15-6-8-16(9-7-15)13-22-20(23)19-17(10-11-24-19)14-25-18-4-2-1-3-5-18/h1-11H,13-14H2,(H,22,23).